The molecule has 1 aromatic heterocycles. The third kappa shape index (κ3) is 3.19. The number of allylic oxidation sites excluding steroid dienone is 2. The Labute approximate surface area is 101 Å². The molecular weight excluding hydrogens is 216 g/mol. The highest BCUT2D eigenvalue weighted by molar-refractivity contribution is 5.73. The second kappa shape index (κ2) is 5.66. The SMILES string of the molecule is CC(C(=O)OCC1CC=CCC1)n1cccn1. The van der Waals surface area contributed by atoms with Crippen molar-refractivity contribution in [3.63, 3.8) is 0 Å². The van der Waals surface area contributed by atoms with Crippen LogP contribution in [0.3, 0.4) is 0 Å². The molecule has 0 saturated heterocycles. The average molecular weight is 234 g/mol. The Bertz CT molecular complexity index is 384. The molecule has 2 unspecified atom stereocenters. The van der Waals surface area contributed by atoms with E-state index in [1.54, 1.807) is 30.1 Å². The molecule has 92 valence electrons. The van der Waals surface area contributed by atoms with Gasteiger partial charge < -0.3 is 4.74 Å². The van der Waals surface area contributed by atoms with Crippen molar-refractivity contribution in [3.05, 3.63) is 30.6 Å². The van der Waals surface area contributed by atoms with Gasteiger partial charge in [-0.3, -0.25) is 4.68 Å². The minimum Gasteiger partial charge on any atom is -0.464 e. The molecule has 0 aromatic carbocycles. The van der Waals surface area contributed by atoms with Gasteiger partial charge in [0.1, 0.15) is 6.04 Å². The van der Waals surface area contributed by atoms with Crippen molar-refractivity contribution >= 4 is 5.97 Å². The normalized spacial score (nSPS) is 21.1. The fourth-order valence-corrected chi connectivity index (χ4v) is 1.95. The molecule has 0 bridgehead atoms. The van der Waals surface area contributed by atoms with Gasteiger partial charge in [0.15, 0.2) is 0 Å². The Morgan fingerprint density at radius 2 is 2.47 bits per heavy atom. The zero-order chi connectivity index (χ0) is 12.1. The molecule has 0 N–H and O–H groups in total. The van der Waals surface area contributed by atoms with E-state index in [1.165, 1.54) is 0 Å². The number of aromatic nitrogens is 2. The first kappa shape index (κ1) is 11.9. The molecule has 4 nitrogen and oxygen atoms in total. The maximum Gasteiger partial charge on any atom is 0.330 e. The van der Waals surface area contributed by atoms with E-state index in [0.717, 1.165) is 19.3 Å². The Morgan fingerprint density at radius 3 is 3.12 bits per heavy atom. The predicted octanol–water partition coefficient (Wildman–Crippen LogP) is 2.34. The van der Waals surface area contributed by atoms with Crippen LogP contribution >= 0.6 is 0 Å². The van der Waals surface area contributed by atoms with Crippen LogP contribution in [0.2, 0.25) is 0 Å². The Kier molecular flexibility index (Phi) is 3.96. The fraction of sp³-hybridized carbons (Fsp3) is 0.538. The van der Waals surface area contributed by atoms with Gasteiger partial charge in [0.2, 0.25) is 0 Å². The number of carbonyl (C=O) groups excluding carboxylic acids is 1. The fourth-order valence-electron chi connectivity index (χ4n) is 1.95. The van der Waals surface area contributed by atoms with E-state index >= 15 is 0 Å². The summed E-state index contributed by atoms with van der Waals surface area (Å²) in [7, 11) is 0. The lowest BCUT2D eigenvalue weighted by Gasteiger charge is -2.19. The average Bonchev–Trinajstić information content (AvgIpc) is 2.90. The number of esters is 1. The molecule has 0 amide bonds. The van der Waals surface area contributed by atoms with Crippen LogP contribution in [0, 0.1) is 5.92 Å². The first-order chi connectivity index (χ1) is 8.27. The third-order valence-electron chi connectivity index (χ3n) is 3.10. The van der Waals surface area contributed by atoms with Crippen LogP contribution in [0.15, 0.2) is 30.6 Å². The number of hydrogen-bond donors (Lipinski definition) is 0. The molecule has 0 saturated carbocycles. The first-order valence-corrected chi connectivity index (χ1v) is 6.08. The maximum atomic E-state index is 11.8. The minimum atomic E-state index is -0.343. The van der Waals surface area contributed by atoms with Gasteiger partial charge in [-0.15, -0.1) is 0 Å². The topological polar surface area (TPSA) is 44.1 Å². The van der Waals surface area contributed by atoms with Crippen LogP contribution < -0.4 is 0 Å². The molecule has 4 heteroatoms. The number of ether oxygens (including phenoxy) is 1. The number of rotatable bonds is 4. The van der Waals surface area contributed by atoms with Crippen LogP contribution in [0.4, 0.5) is 0 Å². The lowest BCUT2D eigenvalue weighted by molar-refractivity contribution is -0.148. The number of carbonyl (C=O) groups is 1. The summed E-state index contributed by atoms with van der Waals surface area (Å²) in [5.41, 5.74) is 0. The smallest absolute Gasteiger partial charge is 0.330 e. The number of nitrogens with zero attached hydrogens (tertiary/aromatic N) is 2. The molecular formula is C13H18N2O2. The zero-order valence-corrected chi connectivity index (χ0v) is 10.1. The standard InChI is InChI=1S/C13H18N2O2/c1-11(15-9-5-8-14-15)13(16)17-10-12-6-3-2-4-7-12/h2-3,5,8-9,11-12H,4,6-7,10H2,1H3. The van der Waals surface area contributed by atoms with Crippen molar-refractivity contribution in [2.75, 3.05) is 6.61 Å². The summed E-state index contributed by atoms with van der Waals surface area (Å²) in [5, 5.41) is 4.04. The molecule has 2 atom stereocenters. The van der Waals surface area contributed by atoms with Gasteiger partial charge in [0.05, 0.1) is 6.61 Å². The quantitative estimate of drug-likeness (QED) is 0.593. The van der Waals surface area contributed by atoms with Gasteiger partial charge in [0, 0.05) is 12.4 Å². The summed E-state index contributed by atoms with van der Waals surface area (Å²) in [4.78, 5) is 11.8. The lowest BCUT2D eigenvalue weighted by Crippen LogP contribution is -2.22. The molecule has 0 radical (unpaired) electrons. The summed E-state index contributed by atoms with van der Waals surface area (Å²) in [6.45, 7) is 2.32. The van der Waals surface area contributed by atoms with Crippen LogP contribution in [0.25, 0.3) is 0 Å². The monoisotopic (exact) mass is 234 g/mol. The molecule has 0 aliphatic heterocycles. The summed E-state index contributed by atoms with van der Waals surface area (Å²) in [6.07, 6.45) is 11.0. The van der Waals surface area contributed by atoms with Crippen LogP contribution in [0.1, 0.15) is 32.2 Å². The van der Waals surface area contributed by atoms with Gasteiger partial charge in [-0.2, -0.15) is 5.10 Å². The van der Waals surface area contributed by atoms with E-state index in [9.17, 15) is 4.79 Å². The van der Waals surface area contributed by atoms with Gasteiger partial charge >= 0.3 is 5.97 Å². The van der Waals surface area contributed by atoms with Crippen LogP contribution in [-0.2, 0) is 9.53 Å². The van der Waals surface area contributed by atoms with Crippen molar-refractivity contribution in [3.8, 4) is 0 Å². The highest BCUT2D eigenvalue weighted by Crippen LogP contribution is 2.19. The third-order valence-corrected chi connectivity index (χ3v) is 3.10. The first-order valence-electron chi connectivity index (χ1n) is 6.08. The van der Waals surface area contributed by atoms with E-state index in [-0.39, 0.29) is 12.0 Å². The van der Waals surface area contributed by atoms with Gasteiger partial charge in [-0.1, -0.05) is 12.2 Å². The maximum absolute atomic E-state index is 11.8. The summed E-state index contributed by atoms with van der Waals surface area (Å²) in [6, 6.07) is 1.46. The van der Waals surface area contributed by atoms with E-state index in [4.69, 9.17) is 4.74 Å². The highest BCUT2D eigenvalue weighted by Gasteiger charge is 2.18. The molecule has 17 heavy (non-hydrogen) atoms. The number of hydrogen-bond acceptors (Lipinski definition) is 3. The molecule has 0 fully saturated rings. The van der Waals surface area contributed by atoms with Crippen LogP contribution in [-0.4, -0.2) is 22.4 Å². The second-order valence-electron chi connectivity index (χ2n) is 4.44. The largest absolute Gasteiger partial charge is 0.464 e. The van der Waals surface area contributed by atoms with E-state index in [2.05, 4.69) is 17.3 Å². The summed E-state index contributed by atoms with van der Waals surface area (Å²) in [5.74, 6) is 0.275. The lowest BCUT2D eigenvalue weighted by atomic mass is 9.95. The molecule has 1 heterocycles. The van der Waals surface area contributed by atoms with Gasteiger partial charge in [-0.25, -0.2) is 4.79 Å². The summed E-state index contributed by atoms with van der Waals surface area (Å²) >= 11 is 0. The van der Waals surface area contributed by atoms with Crippen molar-refractivity contribution in [1.82, 2.24) is 9.78 Å². The molecule has 0 spiro atoms. The van der Waals surface area contributed by atoms with Crippen molar-refractivity contribution in [2.24, 2.45) is 5.92 Å². The van der Waals surface area contributed by atoms with Gasteiger partial charge in [0.25, 0.3) is 0 Å². The second-order valence-corrected chi connectivity index (χ2v) is 4.44. The van der Waals surface area contributed by atoms with Gasteiger partial charge in [-0.05, 0) is 38.2 Å². The highest BCUT2D eigenvalue weighted by atomic mass is 16.5. The summed E-state index contributed by atoms with van der Waals surface area (Å²) < 4.78 is 6.95. The van der Waals surface area contributed by atoms with Crippen LogP contribution in [0.5, 0.6) is 0 Å². The van der Waals surface area contributed by atoms with E-state index < -0.39 is 0 Å². The Hall–Kier alpha value is -1.58. The molecule has 2 rings (SSSR count). The minimum absolute atomic E-state index is 0.205. The van der Waals surface area contributed by atoms with E-state index in [0.29, 0.717) is 12.5 Å². The Morgan fingerprint density at radius 1 is 1.59 bits per heavy atom. The van der Waals surface area contributed by atoms with Crippen molar-refractivity contribution in [2.45, 2.75) is 32.2 Å². The molecule has 1 aliphatic rings. The van der Waals surface area contributed by atoms with E-state index in [1.807, 2.05) is 0 Å². The van der Waals surface area contributed by atoms with Crippen molar-refractivity contribution < 1.29 is 9.53 Å². The predicted molar refractivity (Wildman–Crippen MR) is 64.4 cm³/mol. The Balaban J connectivity index is 1.79. The van der Waals surface area contributed by atoms with Crippen molar-refractivity contribution in [1.29, 1.82) is 0 Å². The molecule has 1 aromatic rings. The molecule has 1 aliphatic carbocycles. The zero-order valence-electron chi connectivity index (χ0n) is 10.1.